The number of hydrogen-bond acceptors (Lipinski definition) is 4. The molecule has 8 heteroatoms. The molecule has 0 fully saturated rings. The number of alkyl halides is 3. The number of rotatable bonds is 3. The summed E-state index contributed by atoms with van der Waals surface area (Å²) in [5.74, 6) is 0. The van der Waals surface area contributed by atoms with Crippen molar-refractivity contribution in [1.29, 1.82) is 0 Å². The maximum Gasteiger partial charge on any atom is 0.426 e. The first-order chi connectivity index (χ1) is 6.88. The molecule has 0 unspecified atom stereocenters. The van der Waals surface area contributed by atoms with Crippen molar-refractivity contribution in [2.24, 2.45) is 0 Å². The minimum Gasteiger partial charge on any atom is -0.396 e. The Labute approximate surface area is 86.1 Å². The van der Waals surface area contributed by atoms with E-state index in [1.807, 2.05) is 0 Å². The molecular formula is C7H6F3NO3S. The van der Waals surface area contributed by atoms with Gasteiger partial charge in [-0.25, -0.2) is 0 Å². The van der Waals surface area contributed by atoms with Crippen LogP contribution in [0.25, 0.3) is 0 Å². The molecule has 0 atom stereocenters. The molecule has 1 heterocycles. The Morgan fingerprint density at radius 2 is 2.13 bits per heavy atom. The number of halogens is 3. The first-order valence-electron chi connectivity index (χ1n) is 3.80. The van der Waals surface area contributed by atoms with Gasteiger partial charge in [0.15, 0.2) is 0 Å². The quantitative estimate of drug-likeness (QED) is 0.651. The molecule has 84 valence electrons. The van der Waals surface area contributed by atoms with E-state index in [2.05, 4.69) is 0 Å². The highest BCUT2D eigenvalue weighted by atomic mass is 32.1. The van der Waals surface area contributed by atoms with E-state index in [0.717, 1.165) is 5.38 Å². The second-order valence-corrected chi connectivity index (χ2v) is 3.54. The fourth-order valence-corrected chi connectivity index (χ4v) is 2.06. The zero-order valence-electron chi connectivity index (χ0n) is 7.24. The molecule has 1 N–H and O–H groups in total. The van der Waals surface area contributed by atoms with E-state index in [4.69, 9.17) is 5.11 Å². The number of nitrogens with zero attached hydrogens (tertiary/aromatic N) is 1. The Hall–Kier alpha value is -1.15. The van der Waals surface area contributed by atoms with Crippen molar-refractivity contribution >= 4 is 17.0 Å². The van der Waals surface area contributed by atoms with Gasteiger partial charge in [-0.15, -0.1) is 11.3 Å². The van der Waals surface area contributed by atoms with Crippen LogP contribution in [-0.2, 0) is 12.6 Å². The lowest BCUT2D eigenvalue weighted by molar-refractivity contribution is -0.385. The summed E-state index contributed by atoms with van der Waals surface area (Å²) in [5, 5.41) is 19.8. The second kappa shape index (κ2) is 4.15. The fraction of sp³-hybridized carbons (Fsp3) is 0.429. The third-order valence-corrected chi connectivity index (χ3v) is 2.74. The predicted octanol–water partition coefficient (Wildman–Crippen LogP) is 2.21. The summed E-state index contributed by atoms with van der Waals surface area (Å²) < 4.78 is 37.1. The van der Waals surface area contributed by atoms with E-state index in [0.29, 0.717) is 0 Å². The minimum atomic E-state index is -4.61. The molecule has 4 nitrogen and oxygen atoms in total. The van der Waals surface area contributed by atoms with E-state index in [1.54, 1.807) is 0 Å². The summed E-state index contributed by atoms with van der Waals surface area (Å²) >= 11 is 0.274. The molecule has 0 bridgehead atoms. The largest absolute Gasteiger partial charge is 0.426 e. The maximum atomic E-state index is 12.4. The molecule has 0 aliphatic rings. The molecule has 0 saturated carbocycles. The van der Waals surface area contributed by atoms with Crippen LogP contribution in [0, 0.1) is 10.1 Å². The molecule has 1 aromatic rings. The zero-order valence-corrected chi connectivity index (χ0v) is 8.06. The van der Waals surface area contributed by atoms with Gasteiger partial charge < -0.3 is 5.11 Å². The summed E-state index contributed by atoms with van der Waals surface area (Å²) in [6, 6.07) is 0. The molecule has 0 aliphatic carbocycles. The minimum absolute atomic E-state index is 0.274. The first kappa shape index (κ1) is 11.9. The molecule has 0 saturated heterocycles. The highest BCUT2D eigenvalue weighted by molar-refractivity contribution is 7.10. The smallest absolute Gasteiger partial charge is 0.396 e. The molecule has 1 rings (SSSR count). The summed E-state index contributed by atoms with van der Waals surface area (Å²) in [5.41, 5.74) is -1.03. The Morgan fingerprint density at radius 1 is 1.53 bits per heavy atom. The van der Waals surface area contributed by atoms with Gasteiger partial charge in [0.05, 0.1) is 15.9 Å². The van der Waals surface area contributed by atoms with Crippen LogP contribution < -0.4 is 0 Å². The topological polar surface area (TPSA) is 63.4 Å². The van der Waals surface area contributed by atoms with Crippen LogP contribution in [0.1, 0.15) is 10.4 Å². The standard InChI is InChI=1S/C7H6F3NO3S/c8-7(9,10)6-4(1-2-12)5(3-15-6)11(13)14/h3,12H,1-2H2. The van der Waals surface area contributed by atoms with E-state index in [1.165, 1.54) is 0 Å². The zero-order chi connectivity index (χ0) is 11.6. The summed E-state index contributed by atoms with van der Waals surface area (Å²) in [4.78, 5) is 8.51. The van der Waals surface area contributed by atoms with Crippen LogP contribution in [-0.4, -0.2) is 16.6 Å². The van der Waals surface area contributed by atoms with Crippen molar-refractivity contribution < 1.29 is 23.2 Å². The Balaban J connectivity index is 3.24. The third-order valence-electron chi connectivity index (χ3n) is 1.69. The Morgan fingerprint density at radius 3 is 2.53 bits per heavy atom. The number of aliphatic hydroxyl groups is 1. The van der Waals surface area contributed by atoms with Crippen LogP contribution in [0.5, 0.6) is 0 Å². The van der Waals surface area contributed by atoms with Crippen molar-refractivity contribution in [1.82, 2.24) is 0 Å². The molecule has 0 amide bonds. The van der Waals surface area contributed by atoms with Crippen LogP contribution in [0.4, 0.5) is 18.9 Å². The van der Waals surface area contributed by atoms with Gasteiger partial charge in [-0.3, -0.25) is 10.1 Å². The molecule has 0 radical (unpaired) electrons. The van der Waals surface area contributed by atoms with E-state index >= 15 is 0 Å². The highest BCUT2D eigenvalue weighted by Gasteiger charge is 2.38. The van der Waals surface area contributed by atoms with Crippen molar-refractivity contribution in [2.75, 3.05) is 6.61 Å². The maximum absolute atomic E-state index is 12.4. The van der Waals surface area contributed by atoms with Crippen molar-refractivity contribution in [3.63, 3.8) is 0 Å². The number of thiophene rings is 1. The third kappa shape index (κ3) is 2.45. The van der Waals surface area contributed by atoms with E-state index in [-0.39, 0.29) is 17.8 Å². The van der Waals surface area contributed by atoms with Gasteiger partial charge in [0, 0.05) is 13.0 Å². The molecule has 0 spiro atoms. The predicted molar refractivity (Wildman–Crippen MR) is 46.8 cm³/mol. The van der Waals surface area contributed by atoms with Crippen LogP contribution in [0.2, 0.25) is 0 Å². The normalized spacial score (nSPS) is 11.7. The van der Waals surface area contributed by atoms with Crippen molar-refractivity contribution in [2.45, 2.75) is 12.6 Å². The van der Waals surface area contributed by atoms with Crippen molar-refractivity contribution in [3.8, 4) is 0 Å². The Kier molecular flexibility index (Phi) is 3.30. The number of hydrogen-bond donors (Lipinski definition) is 1. The highest BCUT2D eigenvalue weighted by Crippen LogP contribution is 2.41. The Bertz CT molecular complexity index is 374. The van der Waals surface area contributed by atoms with Gasteiger partial charge in [-0.05, 0) is 0 Å². The van der Waals surface area contributed by atoms with Crippen LogP contribution in [0.15, 0.2) is 5.38 Å². The summed E-state index contributed by atoms with van der Waals surface area (Å²) in [6.07, 6.45) is -4.97. The fourth-order valence-electron chi connectivity index (χ4n) is 1.12. The van der Waals surface area contributed by atoms with Gasteiger partial charge in [0.25, 0.3) is 5.69 Å². The van der Waals surface area contributed by atoms with Crippen LogP contribution >= 0.6 is 11.3 Å². The lowest BCUT2D eigenvalue weighted by atomic mass is 10.1. The van der Waals surface area contributed by atoms with Gasteiger partial charge in [-0.1, -0.05) is 0 Å². The molecule has 15 heavy (non-hydrogen) atoms. The molecule has 0 aliphatic heterocycles. The van der Waals surface area contributed by atoms with E-state index < -0.39 is 33.8 Å². The second-order valence-electron chi connectivity index (χ2n) is 2.66. The van der Waals surface area contributed by atoms with E-state index in [9.17, 15) is 23.3 Å². The van der Waals surface area contributed by atoms with Gasteiger partial charge >= 0.3 is 6.18 Å². The number of aliphatic hydroxyl groups excluding tert-OH is 1. The van der Waals surface area contributed by atoms with Gasteiger partial charge in [0.1, 0.15) is 4.88 Å². The number of nitro groups is 1. The SMILES string of the molecule is O=[N+]([O-])c1csc(C(F)(F)F)c1CCO. The monoisotopic (exact) mass is 241 g/mol. The first-order valence-corrected chi connectivity index (χ1v) is 4.68. The average molecular weight is 241 g/mol. The van der Waals surface area contributed by atoms with Crippen molar-refractivity contribution in [3.05, 3.63) is 25.9 Å². The van der Waals surface area contributed by atoms with Gasteiger partial charge in [-0.2, -0.15) is 13.2 Å². The van der Waals surface area contributed by atoms with Gasteiger partial charge in [0.2, 0.25) is 0 Å². The molecular weight excluding hydrogens is 235 g/mol. The van der Waals surface area contributed by atoms with Crippen LogP contribution in [0.3, 0.4) is 0 Å². The lowest BCUT2D eigenvalue weighted by Gasteiger charge is -2.05. The molecule has 1 aromatic heterocycles. The summed E-state index contributed by atoms with van der Waals surface area (Å²) in [7, 11) is 0. The molecule has 0 aromatic carbocycles. The lowest BCUT2D eigenvalue weighted by Crippen LogP contribution is -2.07. The summed E-state index contributed by atoms with van der Waals surface area (Å²) in [6.45, 7) is -0.555. The average Bonchev–Trinajstić information content (AvgIpc) is 2.47.